The van der Waals surface area contributed by atoms with Gasteiger partial charge in [-0.2, -0.15) is 0 Å². The van der Waals surface area contributed by atoms with Gasteiger partial charge in [0.15, 0.2) is 0 Å². The third-order valence-corrected chi connectivity index (χ3v) is 5.16. The minimum Gasteiger partial charge on any atom is -0.387 e. The van der Waals surface area contributed by atoms with Crippen LogP contribution in [-0.2, 0) is 4.79 Å². The normalized spacial score (nSPS) is 14.0. The van der Waals surface area contributed by atoms with Crippen molar-refractivity contribution in [3.05, 3.63) is 12.2 Å². The Labute approximate surface area is 169 Å². The predicted molar refractivity (Wildman–Crippen MR) is 118 cm³/mol. The fourth-order valence-corrected chi connectivity index (χ4v) is 3.40. The number of hydrogen-bond donors (Lipinski definition) is 2. The van der Waals surface area contributed by atoms with Gasteiger partial charge in [-0.25, -0.2) is 0 Å². The summed E-state index contributed by atoms with van der Waals surface area (Å²) in [5, 5.41) is 13.2. The van der Waals surface area contributed by atoms with Crippen molar-refractivity contribution in [3.8, 4) is 0 Å². The Balaban J connectivity index is 3.72. The second-order valence-electron chi connectivity index (χ2n) is 8.52. The number of aliphatic hydroxyl groups excluding tert-OH is 1. The molecule has 0 heterocycles. The lowest BCUT2D eigenvalue weighted by molar-refractivity contribution is -0.120. The van der Waals surface area contributed by atoms with E-state index in [1.807, 2.05) is 6.08 Å². The summed E-state index contributed by atoms with van der Waals surface area (Å²) in [6, 6.07) is -0.168. The number of rotatable bonds is 18. The number of aliphatic hydroxyl groups is 1. The highest BCUT2D eigenvalue weighted by Crippen LogP contribution is 2.13. The molecule has 0 aliphatic heterocycles. The number of allylic oxidation sites excluding steroid dienone is 1. The lowest BCUT2D eigenvalue weighted by Crippen LogP contribution is -2.41. The van der Waals surface area contributed by atoms with Crippen LogP contribution in [0.5, 0.6) is 0 Å². The van der Waals surface area contributed by atoms with E-state index in [0.29, 0.717) is 5.92 Å². The summed E-state index contributed by atoms with van der Waals surface area (Å²) in [7, 11) is 0. The molecule has 0 rings (SSSR count). The Morgan fingerprint density at radius 2 is 1.41 bits per heavy atom. The van der Waals surface area contributed by atoms with Crippen LogP contribution >= 0.6 is 0 Å². The standard InChI is InChI=1S/C24H47NO2/c1-5-6-7-8-9-10-11-12-13-14-15-16-17-18-24(27)23(25-22(4)26)20-19-21(2)3/h17-18,21,23-24,27H,5-16,19-20H2,1-4H3,(H,25,26)/b18-17+. The molecular weight excluding hydrogens is 334 g/mol. The molecule has 0 saturated carbocycles. The van der Waals surface area contributed by atoms with Gasteiger partial charge in [0.1, 0.15) is 0 Å². The Morgan fingerprint density at radius 1 is 0.889 bits per heavy atom. The van der Waals surface area contributed by atoms with Crippen molar-refractivity contribution in [2.75, 3.05) is 0 Å². The van der Waals surface area contributed by atoms with Gasteiger partial charge in [-0.1, -0.05) is 97.1 Å². The highest BCUT2D eigenvalue weighted by Gasteiger charge is 2.17. The molecule has 0 aliphatic carbocycles. The smallest absolute Gasteiger partial charge is 0.217 e. The van der Waals surface area contributed by atoms with E-state index in [-0.39, 0.29) is 11.9 Å². The molecule has 2 N–H and O–H groups in total. The summed E-state index contributed by atoms with van der Waals surface area (Å²) >= 11 is 0. The van der Waals surface area contributed by atoms with E-state index < -0.39 is 6.10 Å². The van der Waals surface area contributed by atoms with Crippen LogP contribution in [0.2, 0.25) is 0 Å². The first-order valence-corrected chi connectivity index (χ1v) is 11.6. The summed E-state index contributed by atoms with van der Waals surface area (Å²) in [6.07, 6.45) is 21.1. The highest BCUT2D eigenvalue weighted by atomic mass is 16.3. The van der Waals surface area contributed by atoms with E-state index in [2.05, 4.69) is 32.2 Å². The first kappa shape index (κ1) is 26.2. The molecule has 0 spiro atoms. The highest BCUT2D eigenvalue weighted by molar-refractivity contribution is 5.73. The number of carbonyl (C=O) groups excluding carboxylic acids is 1. The van der Waals surface area contributed by atoms with Crippen LogP contribution in [0.3, 0.4) is 0 Å². The predicted octanol–water partition coefficient (Wildman–Crippen LogP) is 6.55. The Hall–Kier alpha value is -0.830. The lowest BCUT2D eigenvalue weighted by Gasteiger charge is -2.22. The van der Waals surface area contributed by atoms with Crippen LogP contribution in [0.4, 0.5) is 0 Å². The summed E-state index contributed by atoms with van der Waals surface area (Å²) in [5.74, 6) is 0.510. The molecule has 0 aromatic rings. The molecule has 0 aromatic carbocycles. The zero-order valence-corrected chi connectivity index (χ0v) is 18.6. The van der Waals surface area contributed by atoms with Gasteiger partial charge in [-0.3, -0.25) is 4.79 Å². The van der Waals surface area contributed by atoms with Gasteiger partial charge >= 0.3 is 0 Å². The average Bonchev–Trinajstić information content (AvgIpc) is 2.61. The SMILES string of the molecule is CCCCCCCCCCCCC/C=C/C(O)C(CCC(C)C)NC(C)=O. The third-order valence-electron chi connectivity index (χ3n) is 5.16. The van der Waals surface area contributed by atoms with Crippen LogP contribution in [0.15, 0.2) is 12.2 Å². The minimum atomic E-state index is -0.583. The topological polar surface area (TPSA) is 49.3 Å². The number of nitrogens with one attached hydrogen (secondary N) is 1. The van der Waals surface area contributed by atoms with Gasteiger partial charge in [-0.15, -0.1) is 0 Å². The van der Waals surface area contributed by atoms with Crippen LogP contribution in [0.25, 0.3) is 0 Å². The molecule has 2 unspecified atom stereocenters. The maximum absolute atomic E-state index is 11.3. The molecular formula is C24H47NO2. The van der Waals surface area contributed by atoms with E-state index in [4.69, 9.17) is 0 Å². The minimum absolute atomic E-state index is 0.0680. The largest absolute Gasteiger partial charge is 0.387 e. The fourth-order valence-electron chi connectivity index (χ4n) is 3.40. The molecule has 3 nitrogen and oxygen atoms in total. The first-order chi connectivity index (χ1) is 13.0. The monoisotopic (exact) mass is 381 g/mol. The number of amides is 1. The first-order valence-electron chi connectivity index (χ1n) is 11.6. The quantitative estimate of drug-likeness (QED) is 0.209. The van der Waals surface area contributed by atoms with Crippen molar-refractivity contribution < 1.29 is 9.90 Å². The van der Waals surface area contributed by atoms with Crippen molar-refractivity contribution in [2.24, 2.45) is 5.92 Å². The molecule has 0 bridgehead atoms. The fraction of sp³-hybridized carbons (Fsp3) is 0.875. The molecule has 0 aliphatic rings. The van der Waals surface area contributed by atoms with Crippen molar-refractivity contribution in [3.63, 3.8) is 0 Å². The second kappa shape index (κ2) is 18.5. The molecule has 27 heavy (non-hydrogen) atoms. The molecule has 0 radical (unpaired) electrons. The van der Waals surface area contributed by atoms with Crippen molar-refractivity contribution >= 4 is 5.91 Å². The van der Waals surface area contributed by atoms with Gasteiger partial charge < -0.3 is 10.4 Å². The van der Waals surface area contributed by atoms with Gasteiger partial charge in [-0.05, 0) is 31.6 Å². The summed E-state index contributed by atoms with van der Waals surface area (Å²) < 4.78 is 0. The molecule has 160 valence electrons. The summed E-state index contributed by atoms with van der Waals surface area (Å²) in [4.78, 5) is 11.3. The van der Waals surface area contributed by atoms with Crippen LogP contribution in [0, 0.1) is 5.92 Å². The Kier molecular flexibility index (Phi) is 18.0. The van der Waals surface area contributed by atoms with E-state index in [0.717, 1.165) is 19.3 Å². The van der Waals surface area contributed by atoms with Crippen molar-refractivity contribution in [1.29, 1.82) is 0 Å². The average molecular weight is 382 g/mol. The zero-order valence-electron chi connectivity index (χ0n) is 18.6. The molecule has 2 atom stereocenters. The number of carbonyl (C=O) groups is 1. The molecule has 1 amide bonds. The Bertz CT molecular complexity index is 365. The molecule has 0 fully saturated rings. The van der Waals surface area contributed by atoms with Crippen LogP contribution < -0.4 is 5.32 Å². The summed E-state index contributed by atoms with van der Waals surface area (Å²) in [6.45, 7) is 8.12. The van der Waals surface area contributed by atoms with E-state index in [1.54, 1.807) is 0 Å². The third kappa shape index (κ3) is 18.3. The van der Waals surface area contributed by atoms with Gasteiger partial charge in [0.2, 0.25) is 5.91 Å². The van der Waals surface area contributed by atoms with Gasteiger partial charge in [0.05, 0.1) is 12.1 Å². The zero-order chi connectivity index (χ0) is 20.3. The van der Waals surface area contributed by atoms with Crippen molar-refractivity contribution in [2.45, 2.75) is 130 Å². The lowest BCUT2D eigenvalue weighted by atomic mass is 9.99. The summed E-state index contributed by atoms with van der Waals surface area (Å²) in [5.41, 5.74) is 0. The number of hydrogen-bond acceptors (Lipinski definition) is 2. The molecule has 0 aromatic heterocycles. The van der Waals surface area contributed by atoms with E-state index >= 15 is 0 Å². The van der Waals surface area contributed by atoms with Crippen LogP contribution in [-0.4, -0.2) is 23.2 Å². The van der Waals surface area contributed by atoms with E-state index in [9.17, 15) is 9.90 Å². The van der Waals surface area contributed by atoms with E-state index in [1.165, 1.54) is 77.6 Å². The maximum atomic E-state index is 11.3. The molecule has 0 saturated heterocycles. The molecule has 3 heteroatoms. The second-order valence-corrected chi connectivity index (χ2v) is 8.52. The number of unbranched alkanes of at least 4 members (excludes halogenated alkanes) is 11. The van der Waals surface area contributed by atoms with Crippen LogP contribution in [0.1, 0.15) is 118 Å². The van der Waals surface area contributed by atoms with Gasteiger partial charge in [0, 0.05) is 6.92 Å². The van der Waals surface area contributed by atoms with Gasteiger partial charge in [0.25, 0.3) is 0 Å². The maximum Gasteiger partial charge on any atom is 0.217 e. The van der Waals surface area contributed by atoms with Crippen molar-refractivity contribution in [1.82, 2.24) is 5.32 Å². The Morgan fingerprint density at radius 3 is 1.89 bits per heavy atom.